The Hall–Kier alpha value is -2.73. The zero-order valence-electron chi connectivity index (χ0n) is 14.8. The lowest BCUT2D eigenvalue weighted by Crippen LogP contribution is -2.07. The van der Waals surface area contributed by atoms with Crippen LogP contribution in [0.3, 0.4) is 0 Å². The molecule has 0 spiro atoms. The highest BCUT2D eigenvalue weighted by molar-refractivity contribution is 6.30. The Morgan fingerprint density at radius 3 is 2.08 bits per heavy atom. The van der Waals surface area contributed by atoms with Crippen molar-refractivity contribution in [3.8, 4) is 0 Å². The fraction of sp³-hybridized carbons (Fsp3) is 0.263. The zero-order valence-corrected chi connectivity index (χ0v) is 15.5. The fourth-order valence-electron chi connectivity index (χ4n) is 1.81. The summed E-state index contributed by atoms with van der Waals surface area (Å²) in [5, 5.41) is 0.480. The van der Waals surface area contributed by atoms with E-state index in [1.807, 2.05) is 6.07 Å². The first-order chi connectivity index (χ1) is 12.5. The van der Waals surface area contributed by atoms with Crippen LogP contribution in [0.2, 0.25) is 5.02 Å². The van der Waals surface area contributed by atoms with E-state index in [1.165, 1.54) is 12.3 Å². The largest absolute Gasteiger partial charge is 0.461 e. The molecule has 0 amide bonds. The predicted octanol–water partition coefficient (Wildman–Crippen LogP) is 3.90. The summed E-state index contributed by atoms with van der Waals surface area (Å²) in [6, 6.07) is 6.65. The number of allylic oxidation sites excluding steroid dienone is 1. The number of nitrogens with zero attached hydrogens (tertiary/aromatic N) is 2. The van der Waals surface area contributed by atoms with E-state index in [1.54, 1.807) is 38.3 Å². The first-order valence-electron chi connectivity index (χ1n) is 8.03. The summed E-state index contributed by atoms with van der Waals surface area (Å²) in [5.74, 6) is -0.821. The standard InChI is InChI=1S/C11H13NO2.C8H8ClNO2/c1-3-5-9-6-7-12-10(8-9)11(13)14-4-2;1-2-12-8(11)7-5-6(9)3-4-10-7/h3,6-8H,1,4-5H2,2H3;3-5H,2H2,1H3. The molecular formula is C19H21ClN2O4. The van der Waals surface area contributed by atoms with Gasteiger partial charge in [-0.05, 0) is 50.1 Å². The maximum Gasteiger partial charge on any atom is 0.356 e. The summed E-state index contributed by atoms with van der Waals surface area (Å²) in [7, 11) is 0. The van der Waals surface area contributed by atoms with E-state index in [9.17, 15) is 9.59 Å². The second-order valence-electron chi connectivity index (χ2n) is 4.84. The van der Waals surface area contributed by atoms with Gasteiger partial charge in [0.1, 0.15) is 11.4 Å². The van der Waals surface area contributed by atoms with Gasteiger partial charge in [-0.15, -0.1) is 6.58 Å². The Bertz CT molecular complexity index is 750. The van der Waals surface area contributed by atoms with Crippen LogP contribution in [0.25, 0.3) is 0 Å². The number of halogens is 1. The number of hydrogen-bond acceptors (Lipinski definition) is 6. The van der Waals surface area contributed by atoms with E-state index in [0.717, 1.165) is 12.0 Å². The molecule has 7 heteroatoms. The molecule has 0 aliphatic heterocycles. The monoisotopic (exact) mass is 376 g/mol. The normalized spacial score (nSPS) is 9.50. The maximum absolute atomic E-state index is 11.3. The molecule has 0 atom stereocenters. The van der Waals surface area contributed by atoms with Crippen molar-refractivity contribution in [2.75, 3.05) is 13.2 Å². The molecule has 0 radical (unpaired) electrons. The molecule has 2 aromatic heterocycles. The summed E-state index contributed by atoms with van der Waals surface area (Å²) in [4.78, 5) is 30.1. The molecule has 0 fully saturated rings. The molecule has 0 saturated carbocycles. The molecule has 0 N–H and O–H groups in total. The van der Waals surface area contributed by atoms with Crippen LogP contribution in [0, 0.1) is 0 Å². The number of pyridine rings is 2. The first kappa shape index (κ1) is 21.3. The van der Waals surface area contributed by atoms with Crippen LogP contribution in [0.4, 0.5) is 0 Å². The van der Waals surface area contributed by atoms with Crippen LogP contribution in [-0.4, -0.2) is 35.1 Å². The summed E-state index contributed by atoms with van der Waals surface area (Å²) in [6.07, 6.45) is 5.58. The van der Waals surface area contributed by atoms with Crippen molar-refractivity contribution in [3.05, 3.63) is 71.3 Å². The average molecular weight is 377 g/mol. The van der Waals surface area contributed by atoms with Crippen LogP contribution in [0.5, 0.6) is 0 Å². The first-order valence-corrected chi connectivity index (χ1v) is 8.41. The minimum Gasteiger partial charge on any atom is -0.461 e. The van der Waals surface area contributed by atoms with Crippen molar-refractivity contribution in [2.24, 2.45) is 0 Å². The fourth-order valence-corrected chi connectivity index (χ4v) is 1.97. The average Bonchev–Trinajstić information content (AvgIpc) is 2.63. The molecule has 0 aliphatic carbocycles. The molecule has 26 heavy (non-hydrogen) atoms. The molecule has 0 saturated heterocycles. The van der Waals surface area contributed by atoms with Crippen molar-refractivity contribution in [2.45, 2.75) is 20.3 Å². The molecule has 2 rings (SSSR count). The topological polar surface area (TPSA) is 78.4 Å². The molecule has 0 bridgehead atoms. The van der Waals surface area contributed by atoms with Gasteiger partial charge >= 0.3 is 11.9 Å². The third-order valence-electron chi connectivity index (χ3n) is 2.90. The molecule has 0 unspecified atom stereocenters. The van der Waals surface area contributed by atoms with Gasteiger partial charge < -0.3 is 9.47 Å². The van der Waals surface area contributed by atoms with E-state index >= 15 is 0 Å². The number of carbonyl (C=O) groups excluding carboxylic acids is 2. The molecule has 138 valence electrons. The molecule has 0 aromatic carbocycles. The van der Waals surface area contributed by atoms with Gasteiger partial charge in [-0.3, -0.25) is 0 Å². The van der Waals surface area contributed by atoms with Gasteiger partial charge in [0.25, 0.3) is 0 Å². The van der Waals surface area contributed by atoms with Crippen molar-refractivity contribution >= 4 is 23.5 Å². The van der Waals surface area contributed by atoms with Gasteiger partial charge in [0.05, 0.1) is 13.2 Å². The molecule has 6 nitrogen and oxygen atoms in total. The van der Waals surface area contributed by atoms with Gasteiger partial charge in [-0.25, -0.2) is 19.6 Å². The van der Waals surface area contributed by atoms with Crippen LogP contribution in [-0.2, 0) is 15.9 Å². The van der Waals surface area contributed by atoms with Crippen molar-refractivity contribution in [3.63, 3.8) is 0 Å². The summed E-state index contributed by atoms with van der Waals surface area (Å²) in [6.45, 7) is 7.85. The van der Waals surface area contributed by atoms with E-state index in [-0.39, 0.29) is 11.7 Å². The Morgan fingerprint density at radius 1 is 1.04 bits per heavy atom. The van der Waals surface area contributed by atoms with Gasteiger partial charge in [0.2, 0.25) is 0 Å². The highest BCUT2D eigenvalue weighted by atomic mass is 35.5. The van der Waals surface area contributed by atoms with Crippen LogP contribution in [0.1, 0.15) is 40.4 Å². The lowest BCUT2D eigenvalue weighted by molar-refractivity contribution is 0.0510. The van der Waals surface area contributed by atoms with E-state index in [0.29, 0.717) is 23.9 Å². The zero-order chi connectivity index (χ0) is 19.4. The van der Waals surface area contributed by atoms with Crippen molar-refractivity contribution in [1.29, 1.82) is 0 Å². The van der Waals surface area contributed by atoms with Gasteiger partial charge in [0.15, 0.2) is 0 Å². The van der Waals surface area contributed by atoms with Crippen molar-refractivity contribution in [1.82, 2.24) is 9.97 Å². The minimum absolute atomic E-state index is 0.240. The second kappa shape index (κ2) is 11.8. The summed E-state index contributed by atoms with van der Waals surface area (Å²) >= 11 is 5.64. The van der Waals surface area contributed by atoms with Gasteiger partial charge in [-0.1, -0.05) is 17.7 Å². The quantitative estimate of drug-likeness (QED) is 0.562. The van der Waals surface area contributed by atoms with E-state index < -0.39 is 5.97 Å². The summed E-state index contributed by atoms with van der Waals surface area (Å²) in [5.41, 5.74) is 1.61. The lowest BCUT2D eigenvalue weighted by Gasteiger charge is -2.02. The van der Waals surface area contributed by atoms with Crippen molar-refractivity contribution < 1.29 is 19.1 Å². The van der Waals surface area contributed by atoms with E-state index in [2.05, 4.69) is 16.5 Å². The molecule has 0 aliphatic rings. The highest BCUT2D eigenvalue weighted by Gasteiger charge is 2.08. The molecule has 2 heterocycles. The lowest BCUT2D eigenvalue weighted by atomic mass is 10.1. The Kier molecular flexibility index (Phi) is 9.64. The Labute approximate surface area is 157 Å². The Balaban J connectivity index is 0.000000263. The predicted molar refractivity (Wildman–Crippen MR) is 99.3 cm³/mol. The van der Waals surface area contributed by atoms with Gasteiger partial charge in [-0.2, -0.15) is 0 Å². The number of ether oxygens (including phenoxy) is 2. The van der Waals surface area contributed by atoms with Crippen LogP contribution < -0.4 is 0 Å². The molecule has 2 aromatic rings. The number of aromatic nitrogens is 2. The smallest absolute Gasteiger partial charge is 0.356 e. The van der Waals surface area contributed by atoms with E-state index in [4.69, 9.17) is 21.1 Å². The Morgan fingerprint density at radius 2 is 1.58 bits per heavy atom. The van der Waals surface area contributed by atoms with Gasteiger partial charge in [0, 0.05) is 17.4 Å². The third kappa shape index (κ3) is 7.44. The highest BCUT2D eigenvalue weighted by Crippen LogP contribution is 2.08. The number of hydrogen-bond donors (Lipinski definition) is 0. The number of rotatable bonds is 6. The van der Waals surface area contributed by atoms with Crippen LogP contribution >= 0.6 is 11.6 Å². The third-order valence-corrected chi connectivity index (χ3v) is 3.13. The second-order valence-corrected chi connectivity index (χ2v) is 5.28. The number of carbonyl (C=O) groups is 2. The molecular weight excluding hydrogens is 356 g/mol. The summed E-state index contributed by atoms with van der Waals surface area (Å²) < 4.78 is 9.56. The number of esters is 2. The maximum atomic E-state index is 11.3. The minimum atomic E-state index is -0.444. The van der Waals surface area contributed by atoms with Crippen LogP contribution in [0.15, 0.2) is 49.3 Å². The SMILES string of the molecule is C=CCc1ccnc(C(=O)OCC)c1.CCOC(=O)c1cc(Cl)ccn1.